The molecule has 4 heteroatoms. The molecule has 1 aliphatic carbocycles. The number of rotatable bonds is 4. The van der Waals surface area contributed by atoms with Crippen molar-refractivity contribution in [1.82, 2.24) is 10.3 Å². The van der Waals surface area contributed by atoms with Crippen molar-refractivity contribution in [2.24, 2.45) is 0 Å². The van der Waals surface area contributed by atoms with Crippen LogP contribution in [0.2, 0.25) is 0 Å². The second-order valence-corrected chi connectivity index (χ2v) is 8.05. The second kappa shape index (κ2) is 5.88. The second-order valence-electron chi connectivity index (χ2n) is 6.99. The summed E-state index contributed by atoms with van der Waals surface area (Å²) in [5.74, 6) is 0. The zero-order valence-corrected chi connectivity index (χ0v) is 13.9. The number of nitrogens with zero attached hydrogens (tertiary/aromatic N) is 2. The average molecular weight is 305 g/mol. The van der Waals surface area contributed by atoms with Crippen molar-refractivity contribution >= 4 is 16.5 Å². The number of piperidine rings is 2. The fraction of sp³-hybridized carbons (Fsp3) is 0.824. The highest BCUT2D eigenvalue weighted by Gasteiger charge is 2.39. The first kappa shape index (κ1) is 14.0. The molecule has 1 aromatic heterocycles. The average Bonchev–Trinajstić information content (AvgIpc) is 3.05. The molecule has 2 fully saturated rings. The van der Waals surface area contributed by atoms with E-state index >= 15 is 0 Å². The van der Waals surface area contributed by atoms with E-state index in [0.717, 1.165) is 18.1 Å². The fourth-order valence-corrected chi connectivity index (χ4v) is 5.79. The predicted molar refractivity (Wildman–Crippen MR) is 89.4 cm³/mol. The maximum absolute atomic E-state index is 5.01. The Morgan fingerprint density at radius 2 is 2.00 bits per heavy atom. The zero-order valence-electron chi connectivity index (χ0n) is 13.1. The molecule has 3 nitrogen and oxygen atoms in total. The van der Waals surface area contributed by atoms with Crippen molar-refractivity contribution in [3.8, 4) is 0 Å². The molecular formula is C17H27N3S. The van der Waals surface area contributed by atoms with Crippen LogP contribution in [0.25, 0.3) is 0 Å². The van der Waals surface area contributed by atoms with Gasteiger partial charge in [0.05, 0.1) is 5.69 Å². The monoisotopic (exact) mass is 305 g/mol. The van der Waals surface area contributed by atoms with Gasteiger partial charge in [-0.25, -0.2) is 4.98 Å². The lowest BCUT2D eigenvalue weighted by molar-refractivity contribution is 0.245. The number of nitrogens with one attached hydrogen (secondary N) is 1. The van der Waals surface area contributed by atoms with Crippen LogP contribution in [0.4, 0.5) is 5.13 Å². The molecule has 0 saturated carbocycles. The van der Waals surface area contributed by atoms with Gasteiger partial charge in [-0.1, -0.05) is 6.92 Å². The van der Waals surface area contributed by atoms with Crippen molar-refractivity contribution in [1.29, 1.82) is 0 Å². The molecule has 1 N–H and O–H groups in total. The zero-order chi connectivity index (χ0) is 14.2. The Morgan fingerprint density at radius 1 is 1.19 bits per heavy atom. The number of fused-ring (bicyclic) bond motifs is 3. The standard InChI is InChI=1S/C17H27N3S/c1-2-9-18-12-10-13-5-3-6-14(11-12)20(13)17-19-15-7-4-8-16(15)21-17/h12-14,18H,2-11H2,1H3. The van der Waals surface area contributed by atoms with Crippen LogP contribution in [0.15, 0.2) is 0 Å². The molecule has 116 valence electrons. The predicted octanol–water partition coefficient (Wildman–Crippen LogP) is 3.52. The lowest BCUT2D eigenvalue weighted by Crippen LogP contribution is -2.56. The van der Waals surface area contributed by atoms with Crippen molar-refractivity contribution in [3.63, 3.8) is 0 Å². The molecule has 2 saturated heterocycles. The van der Waals surface area contributed by atoms with Gasteiger partial charge >= 0.3 is 0 Å². The lowest BCUT2D eigenvalue weighted by atomic mass is 9.82. The highest BCUT2D eigenvalue weighted by atomic mass is 32.1. The first-order chi connectivity index (χ1) is 10.3. The quantitative estimate of drug-likeness (QED) is 0.922. The van der Waals surface area contributed by atoms with Gasteiger partial charge in [0.1, 0.15) is 0 Å². The van der Waals surface area contributed by atoms with Crippen LogP contribution >= 0.6 is 11.3 Å². The summed E-state index contributed by atoms with van der Waals surface area (Å²) in [5, 5.41) is 5.12. The van der Waals surface area contributed by atoms with Crippen LogP contribution in [-0.4, -0.2) is 29.7 Å². The lowest BCUT2D eigenvalue weighted by Gasteiger charge is -2.49. The summed E-state index contributed by atoms with van der Waals surface area (Å²) in [6.07, 6.45) is 11.8. The number of hydrogen-bond acceptors (Lipinski definition) is 4. The highest BCUT2D eigenvalue weighted by Crippen LogP contribution is 2.41. The van der Waals surface area contributed by atoms with Crippen LogP contribution in [0.3, 0.4) is 0 Å². The van der Waals surface area contributed by atoms with Crippen LogP contribution < -0.4 is 10.2 Å². The molecule has 0 radical (unpaired) electrons. The van der Waals surface area contributed by atoms with E-state index in [1.807, 2.05) is 11.3 Å². The van der Waals surface area contributed by atoms with Gasteiger partial charge in [0.2, 0.25) is 0 Å². The van der Waals surface area contributed by atoms with Gasteiger partial charge in [-0.3, -0.25) is 0 Å². The molecule has 4 rings (SSSR count). The number of anilines is 1. The minimum atomic E-state index is 0.734. The van der Waals surface area contributed by atoms with Crippen molar-refractivity contribution in [2.75, 3.05) is 11.4 Å². The SMILES string of the molecule is CCCNC1CC2CCCC(C1)N2c1nc2c(s1)CCC2. The first-order valence-corrected chi connectivity index (χ1v) is 9.67. The number of thiazole rings is 1. The summed E-state index contributed by atoms with van der Waals surface area (Å²) in [6, 6.07) is 2.21. The van der Waals surface area contributed by atoms with Gasteiger partial charge in [-0.05, 0) is 64.3 Å². The summed E-state index contributed by atoms with van der Waals surface area (Å²) in [4.78, 5) is 9.31. The number of aryl methyl sites for hydroxylation is 2. The Balaban J connectivity index is 1.52. The molecule has 0 amide bonds. The summed E-state index contributed by atoms with van der Waals surface area (Å²) >= 11 is 2.00. The minimum absolute atomic E-state index is 0.734. The van der Waals surface area contributed by atoms with Crippen LogP contribution in [0, 0.1) is 0 Å². The molecule has 3 aliphatic rings. The molecule has 0 aromatic carbocycles. The maximum atomic E-state index is 5.01. The number of hydrogen-bond donors (Lipinski definition) is 1. The minimum Gasteiger partial charge on any atom is -0.342 e. The van der Waals surface area contributed by atoms with E-state index in [9.17, 15) is 0 Å². The topological polar surface area (TPSA) is 28.2 Å². The third kappa shape index (κ3) is 2.61. The van der Waals surface area contributed by atoms with Crippen LogP contribution in [0.1, 0.15) is 62.4 Å². The van der Waals surface area contributed by atoms with Crippen LogP contribution in [0.5, 0.6) is 0 Å². The third-order valence-corrected chi connectivity index (χ3v) is 6.63. The molecule has 21 heavy (non-hydrogen) atoms. The summed E-state index contributed by atoms with van der Waals surface area (Å²) in [6.45, 7) is 3.44. The van der Waals surface area contributed by atoms with E-state index in [2.05, 4.69) is 17.1 Å². The molecule has 2 bridgehead atoms. The smallest absolute Gasteiger partial charge is 0.186 e. The van der Waals surface area contributed by atoms with Gasteiger partial charge in [0.25, 0.3) is 0 Å². The van der Waals surface area contributed by atoms with Gasteiger partial charge in [-0.15, -0.1) is 11.3 Å². The van der Waals surface area contributed by atoms with Crippen LogP contribution in [-0.2, 0) is 12.8 Å². The normalized spacial score (nSPS) is 31.5. The number of aromatic nitrogens is 1. The van der Waals surface area contributed by atoms with E-state index in [-0.39, 0.29) is 0 Å². The van der Waals surface area contributed by atoms with Crippen molar-refractivity contribution in [3.05, 3.63) is 10.6 Å². The van der Waals surface area contributed by atoms with Gasteiger partial charge in [0, 0.05) is 23.0 Å². The van der Waals surface area contributed by atoms with E-state index < -0.39 is 0 Å². The molecule has 3 heterocycles. The van der Waals surface area contributed by atoms with E-state index in [4.69, 9.17) is 4.98 Å². The largest absolute Gasteiger partial charge is 0.342 e. The van der Waals surface area contributed by atoms with E-state index in [1.54, 1.807) is 4.88 Å². The third-order valence-electron chi connectivity index (χ3n) is 5.46. The van der Waals surface area contributed by atoms with E-state index in [0.29, 0.717) is 0 Å². The fourth-order valence-electron chi connectivity index (χ4n) is 4.50. The molecular weight excluding hydrogens is 278 g/mol. The Hall–Kier alpha value is -0.610. The van der Waals surface area contributed by atoms with E-state index in [1.165, 1.54) is 75.2 Å². The molecule has 2 atom stereocenters. The maximum Gasteiger partial charge on any atom is 0.186 e. The Labute approximate surface area is 132 Å². The van der Waals surface area contributed by atoms with Gasteiger partial charge in [0.15, 0.2) is 5.13 Å². The van der Waals surface area contributed by atoms with Gasteiger partial charge in [-0.2, -0.15) is 0 Å². The summed E-state index contributed by atoms with van der Waals surface area (Å²) < 4.78 is 0. The Kier molecular flexibility index (Phi) is 3.92. The summed E-state index contributed by atoms with van der Waals surface area (Å²) in [5.41, 5.74) is 1.42. The van der Waals surface area contributed by atoms with Crippen molar-refractivity contribution in [2.45, 2.75) is 82.8 Å². The molecule has 1 aromatic rings. The van der Waals surface area contributed by atoms with Crippen molar-refractivity contribution < 1.29 is 0 Å². The summed E-state index contributed by atoms with van der Waals surface area (Å²) in [7, 11) is 0. The molecule has 2 unspecified atom stereocenters. The van der Waals surface area contributed by atoms with Gasteiger partial charge < -0.3 is 10.2 Å². The Bertz CT molecular complexity index is 463. The Morgan fingerprint density at radius 3 is 2.71 bits per heavy atom. The molecule has 2 aliphatic heterocycles. The molecule has 0 spiro atoms. The highest BCUT2D eigenvalue weighted by molar-refractivity contribution is 7.15. The first-order valence-electron chi connectivity index (χ1n) is 8.85.